The van der Waals surface area contributed by atoms with E-state index in [1.54, 1.807) is 0 Å². The molecule has 2 aromatic carbocycles. The SMILES string of the molecule is CC(O)CONC(=O)c1cc(C=NOCCO)c(F)c(F)c1Nc1ccc(I)cc1F. The van der Waals surface area contributed by atoms with Crippen molar-refractivity contribution in [3.8, 4) is 0 Å². The number of carbonyl (C=O) groups excluding carboxylic acids is 1. The Labute approximate surface area is 189 Å². The number of anilines is 2. The molecule has 0 aliphatic carbocycles. The number of benzene rings is 2. The second-order valence-electron chi connectivity index (χ2n) is 6.15. The molecule has 31 heavy (non-hydrogen) atoms. The summed E-state index contributed by atoms with van der Waals surface area (Å²) in [5.74, 6) is -4.57. The van der Waals surface area contributed by atoms with Crippen molar-refractivity contribution in [2.24, 2.45) is 5.16 Å². The zero-order valence-electron chi connectivity index (χ0n) is 16.2. The van der Waals surface area contributed by atoms with Crippen molar-refractivity contribution in [2.45, 2.75) is 13.0 Å². The summed E-state index contributed by atoms with van der Waals surface area (Å²) in [4.78, 5) is 22.0. The molecule has 0 aromatic heterocycles. The van der Waals surface area contributed by atoms with Crippen LogP contribution in [0.15, 0.2) is 29.4 Å². The summed E-state index contributed by atoms with van der Waals surface area (Å²) >= 11 is 1.88. The van der Waals surface area contributed by atoms with E-state index in [1.165, 1.54) is 25.1 Å². The highest BCUT2D eigenvalue weighted by Crippen LogP contribution is 2.30. The Balaban J connectivity index is 2.46. The fraction of sp³-hybridized carbons (Fsp3) is 0.263. The standard InChI is InChI=1S/C19H19F3IN3O5/c1-10(28)9-31-26-19(29)13-6-11(8-24-30-5-4-27)16(21)17(22)18(13)25-15-3-2-12(23)7-14(15)20/h2-3,6-8,10,25,27-28H,4-5,9H2,1H3,(H,26,29). The van der Waals surface area contributed by atoms with Gasteiger partial charge in [-0.2, -0.15) is 0 Å². The van der Waals surface area contributed by atoms with E-state index in [-0.39, 0.29) is 25.5 Å². The first kappa shape index (κ1) is 24.8. The summed E-state index contributed by atoms with van der Waals surface area (Å²) in [6.45, 7) is 0.643. The number of aliphatic hydroxyl groups excluding tert-OH is 2. The molecule has 2 aromatic rings. The van der Waals surface area contributed by atoms with Gasteiger partial charge in [-0.15, -0.1) is 0 Å². The fourth-order valence-corrected chi connectivity index (χ4v) is 2.69. The molecule has 2 rings (SSSR count). The molecule has 0 bridgehead atoms. The summed E-state index contributed by atoms with van der Waals surface area (Å²) in [6, 6.07) is 4.96. The van der Waals surface area contributed by atoms with Crippen molar-refractivity contribution in [3.05, 3.63) is 56.4 Å². The van der Waals surface area contributed by atoms with Crippen LogP contribution >= 0.6 is 22.6 Å². The van der Waals surface area contributed by atoms with Crippen LogP contribution in [0.3, 0.4) is 0 Å². The number of hydrogen-bond acceptors (Lipinski definition) is 7. The zero-order chi connectivity index (χ0) is 23.0. The molecule has 1 unspecified atom stereocenters. The Bertz CT molecular complexity index is 960. The van der Waals surface area contributed by atoms with Gasteiger partial charge in [-0.05, 0) is 53.8 Å². The third kappa shape index (κ3) is 7.05. The summed E-state index contributed by atoms with van der Waals surface area (Å²) in [5.41, 5.74) is 0.309. The lowest BCUT2D eigenvalue weighted by Gasteiger charge is -2.16. The number of nitrogens with zero attached hydrogens (tertiary/aromatic N) is 1. The van der Waals surface area contributed by atoms with Crippen LogP contribution in [0.1, 0.15) is 22.8 Å². The minimum absolute atomic E-state index is 0.174. The number of halogens is 4. The molecule has 8 nitrogen and oxygen atoms in total. The van der Waals surface area contributed by atoms with Crippen LogP contribution in [0.4, 0.5) is 24.5 Å². The molecule has 0 saturated carbocycles. The largest absolute Gasteiger partial charge is 0.393 e. The maximum atomic E-state index is 14.8. The quantitative estimate of drug-likeness (QED) is 0.156. The first-order chi connectivity index (χ1) is 14.7. The summed E-state index contributed by atoms with van der Waals surface area (Å²) in [7, 11) is 0. The highest BCUT2D eigenvalue weighted by atomic mass is 127. The van der Waals surface area contributed by atoms with E-state index in [0.717, 1.165) is 12.3 Å². The molecule has 0 aliphatic heterocycles. The third-order valence-electron chi connectivity index (χ3n) is 3.61. The number of aliphatic hydroxyl groups is 2. The normalized spacial score (nSPS) is 12.1. The minimum Gasteiger partial charge on any atom is -0.393 e. The number of oxime groups is 1. The molecule has 0 spiro atoms. The van der Waals surface area contributed by atoms with Gasteiger partial charge >= 0.3 is 0 Å². The molecule has 0 radical (unpaired) electrons. The first-order valence-electron chi connectivity index (χ1n) is 8.85. The van der Waals surface area contributed by atoms with Gasteiger partial charge in [-0.3, -0.25) is 9.63 Å². The maximum absolute atomic E-state index is 14.8. The lowest BCUT2D eigenvalue weighted by molar-refractivity contribution is -0.00684. The lowest BCUT2D eigenvalue weighted by Crippen LogP contribution is -2.28. The van der Waals surface area contributed by atoms with E-state index in [0.29, 0.717) is 3.57 Å². The maximum Gasteiger partial charge on any atom is 0.277 e. The van der Waals surface area contributed by atoms with E-state index >= 15 is 0 Å². The molecule has 0 fully saturated rings. The van der Waals surface area contributed by atoms with Gasteiger partial charge in [0, 0.05) is 9.13 Å². The van der Waals surface area contributed by atoms with Gasteiger partial charge in [-0.25, -0.2) is 18.7 Å². The topological polar surface area (TPSA) is 112 Å². The summed E-state index contributed by atoms with van der Waals surface area (Å²) in [6.07, 6.45) is -0.0772. The monoisotopic (exact) mass is 553 g/mol. The average molecular weight is 553 g/mol. The van der Waals surface area contributed by atoms with E-state index in [9.17, 15) is 23.1 Å². The molecule has 168 valence electrons. The molecule has 1 amide bonds. The molecular weight excluding hydrogens is 534 g/mol. The number of hydrogen-bond donors (Lipinski definition) is 4. The van der Waals surface area contributed by atoms with Crippen LogP contribution in [0.25, 0.3) is 0 Å². The van der Waals surface area contributed by atoms with Crippen molar-refractivity contribution in [1.82, 2.24) is 5.48 Å². The van der Waals surface area contributed by atoms with Crippen molar-refractivity contribution in [1.29, 1.82) is 0 Å². The Hall–Kier alpha value is -2.42. The zero-order valence-corrected chi connectivity index (χ0v) is 18.3. The number of amides is 1. The van der Waals surface area contributed by atoms with E-state index in [2.05, 4.69) is 15.3 Å². The van der Waals surface area contributed by atoms with Gasteiger partial charge in [0.15, 0.2) is 11.6 Å². The van der Waals surface area contributed by atoms with Crippen molar-refractivity contribution in [2.75, 3.05) is 25.1 Å². The predicted molar refractivity (Wildman–Crippen MR) is 114 cm³/mol. The first-order valence-corrected chi connectivity index (χ1v) is 9.93. The molecule has 0 saturated heterocycles. The third-order valence-corrected chi connectivity index (χ3v) is 4.28. The van der Waals surface area contributed by atoms with Crippen LogP contribution in [0, 0.1) is 21.0 Å². The highest BCUT2D eigenvalue weighted by molar-refractivity contribution is 14.1. The second kappa shape index (κ2) is 11.8. The smallest absolute Gasteiger partial charge is 0.277 e. The molecule has 4 N–H and O–H groups in total. The molecular formula is C19H19F3IN3O5. The van der Waals surface area contributed by atoms with Crippen LogP contribution in [0.5, 0.6) is 0 Å². The molecule has 12 heteroatoms. The van der Waals surface area contributed by atoms with E-state index in [4.69, 9.17) is 9.94 Å². The molecule has 0 heterocycles. The van der Waals surface area contributed by atoms with Crippen LogP contribution in [-0.2, 0) is 9.68 Å². The van der Waals surface area contributed by atoms with Crippen molar-refractivity contribution < 1.29 is 37.9 Å². The Morgan fingerprint density at radius 3 is 2.68 bits per heavy atom. The van der Waals surface area contributed by atoms with Gasteiger partial charge in [-0.1, -0.05) is 5.16 Å². The Morgan fingerprint density at radius 1 is 1.29 bits per heavy atom. The van der Waals surface area contributed by atoms with Crippen LogP contribution < -0.4 is 10.8 Å². The number of hydroxylamine groups is 1. The Morgan fingerprint density at radius 2 is 2.03 bits per heavy atom. The van der Waals surface area contributed by atoms with Crippen molar-refractivity contribution >= 4 is 46.1 Å². The van der Waals surface area contributed by atoms with Gasteiger partial charge in [0.05, 0.1) is 35.9 Å². The van der Waals surface area contributed by atoms with Crippen LogP contribution in [-0.4, -0.2) is 48.3 Å². The second-order valence-corrected chi connectivity index (χ2v) is 7.39. The van der Waals surface area contributed by atoms with E-state index in [1.807, 2.05) is 28.1 Å². The predicted octanol–water partition coefficient (Wildman–Crippen LogP) is 2.84. The average Bonchev–Trinajstić information content (AvgIpc) is 2.71. The number of nitrogens with one attached hydrogen (secondary N) is 2. The van der Waals surface area contributed by atoms with Gasteiger partial charge < -0.3 is 20.4 Å². The van der Waals surface area contributed by atoms with Gasteiger partial charge in [0.2, 0.25) is 0 Å². The Kier molecular flexibility index (Phi) is 9.48. The molecule has 0 aliphatic rings. The minimum atomic E-state index is -1.47. The van der Waals surface area contributed by atoms with Crippen molar-refractivity contribution in [3.63, 3.8) is 0 Å². The highest BCUT2D eigenvalue weighted by Gasteiger charge is 2.23. The summed E-state index contributed by atoms with van der Waals surface area (Å²) < 4.78 is 44.2. The number of carbonyl (C=O) groups is 1. The molecule has 1 atom stereocenters. The van der Waals surface area contributed by atoms with Gasteiger partial charge in [0.25, 0.3) is 5.91 Å². The van der Waals surface area contributed by atoms with Crippen LogP contribution in [0.2, 0.25) is 0 Å². The summed E-state index contributed by atoms with van der Waals surface area (Å²) in [5, 5.41) is 23.7. The van der Waals surface area contributed by atoms with E-state index < -0.39 is 46.3 Å². The lowest BCUT2D eigenvalue weighted by atomic mass is 10.1. The van der Waals surface area contributed by atoms with Gasteiger partial charge in [0.1, 0.15) is 19.0 Å². The fourth-order valence-electron chi connectivity index (χ4n) is 2.24. The number of rotatable bonds is 10.